The van der Waals surface area contributed by atoms with Gasteiger partial charge in [0.05, 0.1) is 11.5 Å². The molecule has 0 aliphatic carbocycles. The van der Waals surface area contributed by atoms with E-state index in [9.17, 15) is 19.7 Å². The number of carbonyl (C=O) groups is 2. The summed E-state index contributed by atoms with van der Waals surface area (Å²) in [6.45, 7) is 2.47. The first-order valence-electron chi connectivity index (χ1n) is 6.75. The van der Waals surface area contributed by atoms with Crippen LogP contribution in [0.25, 0.3) is 0 Å². The first-order chi connectivity index (χ1) is 10.5. The van der Waals surface area contributed by atoms with Crippen molar-refractivity contribution >= 4 is 17.5 Å². The van der Waals surface area contributed by atoms with Crippen molar-refractivity contribution in [2.45, 2.75) is 13.3 Å². The van der Waals surface area contributed by atoms with E-state index in [-0.39, 0.29) is 30.1 Å². The molecule has 8 heteroatoms. The van der Waals surface area contributed by atoms with E-state index in [2.05, 4.69) is 10.6 Å². The van der Waals surface area contributed by atoms with Crippen molar-refractivity contribution in [3.63, 3.8) is 0 Å². The van der Waals surface area contributed by atoms with Crippen LogP contribution in [0.4, 0.5) is 5.69 Å². The normalized spacial score (nSPS) is 10.1. The maximum atomic E-state index is 12.0. The first kappa shape index (κ1) is 17.6. The van der Waals surface area contributed by atoms with E-state index in [1.54, 1.807) is 19.1 Å². The Balaban J connectivity index is 2.55. The van der Waals surface area contributed by atoms with Crippen LogP contribution in [0.1, 0.15) is 22.3 Å². The number of ether oxygens (including phenoxy) is 1. The predicted molar refractivity (Wildman–Crippen MR) is 79.7 cm³/mol. The Morgan fingerprint density at radius 1 is 1.27 bits per heavy atom. The van der Waals surface area contributed by atoms with E-state index >= 15 is 0 Å². The summed E-state index contributed by atoms with van der Waals surface area (Å²) >= 11 is 0. The molecular formula is C14H19N3O5. The fourth-order valence-electron chi connectivity index (χ4n) is 1.85. The number of aryl methyl sites for hydroxylation is 1. The van der Waals surface area contributed by atoms with Crippen molar-refractivity contribution < 1.29 is 19.2 Å². The molecule has 0 saturated carbocycles. The Hall–Kier alpha value is -2.48. The third-order valence-electron chi connectivity index (χ3n) is 2.93. The van der Waals surface area contributed by atoms with E-state index in [1.807, 2.05) is 0 Å². The number of nitro groups is 1. The van der Waals surface area contributed by atoms with Gasteiger partial charge in [-0.25, -0.2) is 0 Å². The van der Waals surface area contributed by atoms with Gasteiger partial charge in [0.25, 0.3) is 11.6 Å². The van der Waals surface area contributed by atoms with Gasteiger partial charge in [0, 0.05) is 32.2 Å². The van der Waals surface area contributed by atoms with Gasteiger partial charge in [0.2, 0.25) is 5.91 Å². The SMILES string of the molecule is COCCNC(=O)CCNC(=O)c1cccc(C)c1[N+](=O)[O-]. The summed E-state index contributed by atoms with van der Waals surface area (Å²) in [6, 6.07) is 4.53. The molecule has 0 unspecified atom stereocenters. The second kappa shape index (κ2) is 8.73. The van der Waals surface area contributed by atoms with Crippen molar-refractivity contribution in [2.75, 3.05) is 26.8 Å². The molecule has 2 N–H and O–H groups in total. The number of methoxy groups -OCH3 is 1. The topological polar surface area (TPSA) is 111 Å². The van der Waals surface area contributed by atoms with Gasteiger partial charge in [-0.15, -0.1) is 0 Å². The van der Waals surface area contributed by atoms with Crippen LogP contribution in [0.3, 0.4) is 0 Å². The van der Waals surface area contributed by atoms with Gasteiger partial charge in [0.15, 0.2) is 0 Å². The molecule has 0 radical (unpaired) electrons. The largest absolute Gasteiger partial charge is 0.383 e. The molecule has 120 valence electrons. The molecule has 0 aromatic heterocycles. The van der Waals surface area contributed by atoms with Gasteiger partial charge in [-0.1, -0.05) is 12.1 Å². The minimum absolute atomic E-state index is 0.00945. The maximum Gasteiger partial charge on any atom is 0.285 e. The molecule has 0 saturated heterocycles. The summed E-state index contributed by atoms with van der Waals surface area (Å²) in [7, 11) is 1.53. The van der Waals surface area contributed by atoms with E-state index < -0.39 is 10.8 Å². The lowest BCUT2D eigenvalue weighted by Crippen LogP contribution is -2.32. The standard InChI is InChI=1S/C14H19N3O5/c1-10-4-3-5-11(13(10)17(20)21)14(19)16-7-6-12(18)15-8-9-22-2/h3-5H,6-9H2,1-2H3,(H,15,18)(H,16,19). The molecule has 8 nitrogen and oxygen atoms in total. The molecule has 1 rings (SSSR count). The molecule has 1 aromatic rings. The van der Waals surface area contributed by atoms with E-state index in [0.29, 0.717) is 18.7 Å². The summed E-state index contributed by atoms with van der Waals surface area (Å²) in [5.41, 5.74) is 0.185. The van der Waals surface area contributed by atoms with Gasteiger partial charge < -0.3 is 15.4 Å². The van der Waals surface area contributed by atoms with Crippen LogP contribution in [-0.2, 0) is 9.53 Å². The Bertz CT molecular complexity index is 559. The molecule has 0 fully saturated rings. The lowest BCUT2D eigenvalue weighted by molar-refractivity contribution is -0.385. The predicted octanol–water partition coefficient (Wildman–Crippen LogP) is 0.786. The number of para-hydroxylation sites is 1. The average molecular weight is 309 g/mol. The quantitative estimate of drug-likeness (QED) is 0.419. The number of carbonyl (C=O) groups excluding carboxylic acids is 2. The number of nitrogens with zero attached hydrogens (tertiary/aromatic N) is 1. The minimum Gasteiger partial charge on any atom is -0.383 e. The molecule has 22 heavy (non-hydrogen) atoms. The fraction of sp³-hybridized carbons (Fsp3) is 0.429. The highest BCUT2D eigenvalue weighted by Gasteiger charge is 2.22. The third-order valence-corrected chi connectivity index (χ3v) is 2.93. The van der Waals surface area contributed by atoms with Crippen LogP contribution in [0.2, 0.25) is 0 Å². The first-order valence-corrected chi connectivity index (χ1v) is 6.75. The highest BCUT2D eigenvalue weighted by atomic mass is 16.6. The van der Waals surface area contributed by atoms with Crippen molar-refractivity contribution in [1.82, 2.24) is 10.6 Å². The van der Waals surface area contributed by atoms with Crippen LogP contribution in [0, 0.1) is 17.0 Å². The lowest BCUT2D eigenvalue weighted by atomic mass is 10.1. The van der Waals surface area contributed by atoms with E-state index in [1.165, 1.54) is 13.2 Å². The van der Waals surface area contributed by atoms with Crippen molar-refractivity contribution in [2.24, 2.45) is 0 Å². The molecule has 2 amide bonds. The van der Waals surface area contributed by atoms with Gasteiger partial charge in [-0.2, -0.15) is 0 Å². The van der Waals surface area contributed by atoms with Crippen molar-refractivity contribution in [1.29, 1.82) is 0 Å². The number of benzene rings is 1. The molecule has 0 spiro atoms. The molecular weight excluding hydrogens is 290 g/mol. The van der Waals surface area contributed by atoms with Gasteiger partial charge in [0.1, 0.15) is 5.56 Å². The number of nitrogens with one attached hydrogen (secondary N) is 2. The monoisotopic (exact) mass is 309 g/mol. The highest BCUT2D eigenvalue weighted by Crippen LogP contribution is 2.22. The van der Waals surface area contributed by atoms with Gasteiger partial charge in [-0.3, -0.25) is 19.7 Å². The summed E-state index contributed by atoms with van der Waals surface area (Å²) < 4.78 is 4.79. The molecule has 0 atom stereocenters. The second-order valence-electron chi connectivity index (χ2n) is 4.58. The zero-order valence-electron chi connectivity index (χ0n) is 12.5. The minimum atomic E-state index is -0.582. The summed E-state index contributed by atoms with van der Waals surface area (Å²) in [4.78, 5) is 33.9. The second-order valence-corrected chi connectivity index (χ2v) is 4.58. The highest BCUT2D eigenvalue weighted by molar-refractivity contribution is 5.98. The molecule has 0 heterocycles. The Labute approximate surface area is 128 Å². The number of hydrogen-bond donors (Lipinski definition) is 2. The summed E-state index contributed by atoms with van der Waals surface area (Å²) in [5, 5.41) is 16.1. The summed E-state index contributed by atoms with van der Waals surface area (Å²) in [5.74, 6) is -0.795. The molecule has 0 aliphatic rings. The average Bonchev–Trinajstić information content (AvgIpc) is 2.46. The summed E-state index contributed by atoms with van der Waals surface area (Å²) in [6.07, 6.45) is 0.0923. The zero-order chi connectivity index (χ0) is 16.5. The Morgan fingerprint density at radius 2 is 2.00 bits per heavy atom. The number of nitro benzene ring substituents is 1. The molecule has 0 aliphatic heterocycles. The maximum absolute atomic E-state index is 12.0. The van der Waals surface area contributed by atoms with Gasteiger partial charge in [-0.05, 0) is 13.0 Å². The Morgan fingerprint density at radius 3 is 2.64 bits per heavy atom. The van der Waals surface area contributed by atoms with Gasteiger partial charge >= 0.3 is 0 Å². The third kappa shape index (κ3) is 5.13. The zero-order valence-corrected chi connectivity index (χ0v) is 12.5. The van der Waals surface area contributed by atoms with Crippen molar-refractivity contribution in [3.05, 3.63) is 39.4 Å². The van der Waals surface area contributed by atoms with Crippen LogP contribution in [-0.4, -0.2) is 43.5 Å². The Kier molecular flexibility index (Phi) is 6.97. The van der Waals surface area contributed by atoms with Crippen LogP contribution < -0.4 is 10.6 Å². The fourth-order valence-corrected chi connectivity index (χ4v) is 1.85. The number of hydrogen-bond acceptors (Lipinski definition) is 5. The number of rotatable bonds is 8. The lowest BCUT2D eigenvalue weighted by Gasteiger charge is -2.07. The van der Waals surface area contributed by atoms with Crippen LogP contribution >= 0.6 is 0 Å². The van der Waals surface area contributed by atoms with E-state index in [0.717, 1.165) is 0 Å². The molecule has 1 aromatic carbocycles. The smallest absolute Gasteiger partial charge is 0.285 e. The van der Waals surface area contributed by atoms with Crippen LogP contribution in [0.15, 0.2) is 18.2 Å². The van der Waals surface area contributed by atoms with E-state index in [4.69, 9.17) is 4.74 Å². The van der Waals surface area contributed by atoms with Crippen LogP contribution in [0.5, 0.6) is 0 Å². The number of amides is 2. The van der Waals surface area contributed by atoms with Crippen molar-refractivity contribution in [3.8, 4) is 0 Å². The molecule has 0 bridgehead atoms.